The Hall–Kier alpha value is -2.94. The molecule has 8 nitrogen and oxygen atoms in total. The number of hydrogen-bond donors (Lipinski definition) is 2. The van der Waals surface area contributed by atoms with Gasteiger partial charge in [-0.15, -0.1) is 0 Å². The number of aromatic nitrogens is 4. The van der Waals surface area contributed by atoms with Crippen LogP contribution in [0.2, 0.25) is 0 Å². The number of nitrogens with zero attached hydrogens (tertiary/aromatic N) is 3. The molecule has 0 aliphatic rings. The van der Waals surface area contributed by atoms with Crippen molar-refractivity contribution >= 4 is 40.8 Å². The molecular formula is C15H13N5O3S. The number of imidazole rings is 1. The summed E-state index contributed by atoms with van der Waals surface area (Å²) in [6.07, 6.45) is 0.915. The highest BCUT2D eigenvalue weighted by molar-refractivity contribution is 7.99. The molecule has 2 aromatic heterocycles. The number of aromatic amines is 1. The van der Waals surface area contributed by atoms with Gasteiger partial charge in [-0.3, -0.25) is 10.1 Å². The molecule has 0 fully saturated rings. The largest absolute Gasteiger partial charge is 0.453 e. The number of hydrogen-bond acceptors (Lipinski definition) is 7. The highest BCUT2D eigenvalue weighted by Crippen LogP contribution is 2.18. The van der Waals surface area contributed by atoms with Crippen molar-refractivity contribution in [3.8, 4) is 0 Å². The van der Waals surface area contributed by atoms with E-state index in [2.05, 4.69) is 30.0 Å². The minimum absolute atomic E-state index is 0.000582. The van der Waals surface area contributed by atoms with E-state index >= 15 is 0 Å². The van der Waals surface area contributed by atoms with E-state index in [0.717, 1.165) is 0 Å². The van der Waals surface area contributed by atoms with E-state index in [0.29, 0.717) is 21.9 Å². The molecule has 3 aromatic rings. The number of rotatable bonds is 5. The topological polar surface area (TPSA) is 110 Å². The highest BCUT2D eigenvalue weighted by Gasteiger charge is 2.11. The van der Waals surface area contributed by atoms with Crippen LogP contribution in [-0.2, 0) is 4.74 Å². The smallest absolute Gasteiger partial charge is 0.413 e. The summed E-state index contributed by atoms with van der Waals surface area (Å²) in [5.41, 5.74) is 1.61. The molecule has 9 heteroatoms. The molecule has 0 aliphatic heterocycles. The molecule has 1 aromatic carbocycles. The van der Waals surface area contributed by atoms with E-state index in [1.807, 2.05) is 18.2 Å². The summed E-state index contributed by atoms with van der Waals surface area (Å²) >= 11 is 1.23. The van der Waals surface area contributed by atoms with E-state index in [1.165, 1.54) is 18.9 Å². The molecule has 0 radical (unpaired) electrons. The monoisotopic (exact) mass is 343 g/mol. The van der Waals surface area contributed by atoms with Gasteiger partial charge in [-0.1, -0.05) is 42.1 Å². The van der Waals surface area contributed by atoms with Gasteiger partial charge in [0, 0.05) is 5.56 Å². The first kappa shape index (κ1) is 15.9. The van der Waals surface area contributed by atoms with Gasteiger partial charge in [-0.05, 0) is 0 Å². The van der Waals surface area contributed by atoms with Crippen LogP contribution in [-0.4, -0.2) is 44.7 Å². The molecule has 24 heavy (non-hydrogen) atoms. The zero-order chi connectivity index (χ0) is 16.9. The Kier molecular flexibility index (Phi) is 4.71. The lowest BCUT2D eigenvalue weighted by Gasteiger charge is -2.00. The highest BCUT2D eigenvalue weighted by atomic mass is 32.2. The van der Waals surface area contributed by atoms with Gasteiger partial charge < -0.3 is 9.72 Å². The van der Waals surface area contributed by atoms with Crippen LogP contribution in [0, 0.1) is 0 Å². The lowest BCUT2D eigenvalue weighted by molar-refractivity contribution is 0.102. The van der Waals surface area contributed by atoms with Crippen LogP contribution in [0.25, 0.3) is 11.2 Å². The summed E-state index contributed by atoms with van der Waals surface area (Å²) < 4.78 is 4.49. The first-order chi connectivity index (χ1) is 11.7. The van der Waals surface area contributed by atoms with Crippen molar-refractivity contribution < 1.29 is 14.3 Å². The van der Waals surface area contributed by atoms with Gasteiger partial charge in [-0.25, -0.2) is 14.8 Å². The number of anilines is 1. The lowest BCUT2D eigenvalue weighted by Crippen LogP contribution is -2.11. The maximum Gasteiger partial charge on any atom is 0.413 e. The molecule has 0 atom stereocenters. The Morgan fingerprint density at radius 3 is 2.79 bits per heavy atom. The summed E-state index contributed by atoms with van der Waals surface area (Å²) in [5.74, 6) is 0.445. The molecule has 0 bridgehead atoms. The molecule has 2 N–H and O–H groups in total. The van der Waals surface area contributed by atoms with Gasteiger partial charge in [0.05, 0.1) is 19.1 Å². The number of carbonyl (C=O) groups excluding carboxylic acids is 2. The molecule has 0 spiro atoms. The number of methoxy groups -OCH3 is 1. The summed E-state index contributed by atoms with van der Waals surface area (Å²) in [4.78, 5) is 38.7. The van der Waals surface area contributed by atoms with Crippen LogP contribution >= 0.6 is 11.8 Å². The van der Waals surface area contributed by atoms with Crippen molar-refractivity contribution in [3.63, 3.8) is 0 Å². The molecule has 0 aliphatic carbocycles. The Bertz CT molecular complexity index is 881. The van der Waals surface area contributed by atoms with Crippen molar-refractivity contribution in [3.05, 3.63) is 42.1 Å². The third-order valence-electron chi connectivity index (χ3n) is 3.05. The summed E-state index contributed by atoms with van der Waals surface area (Å²) in [5, 5.41) is 2.85. The number of fused-ring (bicyclic) bond motifs is 1. The number of Topliss-reactive ketones (excluding diaryl/α,β-unsaturated/α-hetero) is 1. The van der Waals surface area contributed by atoms with Crippen molar-refractivity contribution in [1.29, 1.82) is 0 Å². The number of benzene rings is 1. The van der Waals surface area contributed by atoms with Crippen molar-refractivity contribution in [2.24, 2.45) is 0 Å². The summed E-state index contributed by atoms with van der Waals surface area (Å²) in [6.45, 7) is 0. The molecule has 3 rings (SSSR count). The predicted molar refractivity (Wildman–Crippen MR) is 89.2 cm³/mol. The molecule has 0 saturated carbocycles. The van der Waals surface area contributed by atoms with Gasteiger partial charge in [0.2, 0.25) is 5.95 Å². The maximum atomic E-state index is 12.1. The number of amides is 1. The zero-order valence-electron chi connectivity index (χ0n) is 12.6. The molecular weight excluding hydrogens is 330 g/mol. The lowest BCUT2D eigenvalue weighted by atomic mass is 10.2. The minimum Gasteiger partial charge on any atom is -0.453 e. The summed E-state index contributed by atoms with van der Waals surface area (Å²) in [7, 11) is 1.26. The predicted octanol–water partition coefficient (Wildman–Crippen LogP) is 2.51. The molecule has 2 heterocycles. The fourth-order valence-electron chi connectivity index (χ4n) is 1.91. The number of H-pyrrole nitrogens is 1. The van der Waals surface area contributed by atoms with Crippen molar-refractivity contribution in [2.75, 3.05) is 18.2 Å². The van der Waals surface area contributed by atoms with Crippen LogP contribution < -0.4 is 5.32 Å². The van der Waals surface area contributed by atoms with E-state index in [4.69, 9.17) is 0 Å². The second-order valence-electron chi connectivity index (χ2n) is 4.67. The van der Waals surface area contributed by atoms with Crippen LogP contribution in [0.1, 0.15) is 10.4 Å². The Morgan fingerprint density at radius 2 is 2.04 bits per heavy atom. The maximum absolute atomic E-state index is 12.1. The molecule has 0 unspecified atom stereocenters. The zero-order valence-corrected chi connectivity index (χ0v) is 13.5. The van der Waals surface area contributed by atoms with Crippen LogP contribution in [0.15, 0.2) is 41.7 Å². The minimum atomic E-state index is -0.634. The van der Waals surface area contributed by atoms with Gasteiger partial charge in [-0.2, -0.15) is 4.98 Å². The average molecular weight is 343 g/mol. The Labute approximate surface area is 141 Å². The van der Waals surface area contributed by atoms with Crippen LogP contribution in [0.4, 0.5) is 10.7 Å². The Morgan fingerprint density at radius 1 is 1.25 bits per heavy atom. The fraction of sp³-hybridized carbons (Fsp3) is 0.133. The van der Waals surface area contributed by atoms with E-state index < -0.39 is 6.09 Å². The average Bonchev–Trinajstić information content (AvgIpc) is 3.01. The van der Waals surface area contributed by atoms with Gasteiger partial charge in [0.1, 0.15) is 5.52 Å². The third-order valence-corrected chi connectivity index (χ3v) is 3.91. The van der Waals surface area contributed by atoms with Crippen LogP contribution in [0.5, 0.6) is 0 Å². The fourth-order valence-corrected chi connectivity index (χ4v) is 2.61. The quantitative estimate of drug-likeness (QED) is 0.416. The van der Waals surface area contributed by atoms with Gasteiger partial charge >= 0.3 is 6.09 Å². The van der Waals surface area contributed by atoms with E-state index in [-0.39, 0.29) is 17.5 Å². The number of thioether (sulfide) groups is 1. The normalized spacial score (nSPS) is 10.5. The van der Waals surface area contributed by atoms with Gasteiger partial charge in [0.15, 0.2) is 16.6 Å². The number of carbonyl (C=O) groups is 2. The Balaban J connectivity index is 1.69. The van der Waals surface area contributed by atoms with Gasteiger partial charge in [0.25, 0.3) is 0 Å². The first-order valence-electron chi connectivity index (χ1n) is 6.94. The molecule has 1 amide bonds. The number of ketones is 1. The van der Waals surface area contributed by atoms with Crippen molar-refractivity contribution in [1.82, 2.24) is 19.9 Å². The standard InChI is InChI=1S/C15H13N5O3S/c1-23-15(22)20-13-17-10-7-16-14(19-12(10)18-13)24-8-11(21)9-5-3-2-4-6-9/h2-7H,8H2,1H3,(H2,16,17,18,19,20,22). The number of nitrogens with one attached hydrogen (secondary N) is 2. The third kappa shape index (κ3) is 3.69. The second-order valence-corrected chi connectivity index (χ2v) is 5.61. The molecule has 0 saturated heterocycles. The van der Waals surface area contributed by atoms with E-state index in [9.17, 15) is 9.59 Å². The molecule has 122 valence electrons. The van der Waals surface area contributed by atoms with Crippen LogP contribution in [0.3, 0.4) is 0 Å². The first-order valence-corrected chi connectivity index (χ1v) is 7.93. The van der Waals surface area contributed by atoms with Crippen molar-refractivity contribution in [2.45, 2.75) is 5.16 Å². The SMILES string of the molecule is COC(=O)Nc1nc2nc(SCC(=O)c3ccccc3)ncc2[nH]1. The van der Waals surface area contributed by atoms with E-state index in [1.54, 1.807) is 18.3 Å². The number of ether oxygens (including phenoxy) is 1. The summed E-state index contributed by atoms with van der Waals surface area (Å²) in [6, 6.07) is 9.04. The second kappa shape index (κ2) is 7.09.